The van der Waals surface area contributed by atoms with Gasteiger partial charge in [0, 0.05) is 52.6 Å². The first-order valence-corrected chi connectivity index (χ1v) is 8.15. The van der Waals surface area contributed by atoms with E-state index in [9.17, 15) is 8.42 Å². The molecular formula is C12H22N4O4S. The second-order valence-electron chi connectivity index (χ2n) is 4.99. The van der Waals surface area contributed by atoms with E-state index >= 15 is 0 Å². The van der Waals surface area contributed by atoms with Crippen LogP contribution in [0.1, 0.15) is 11.7 Å². The molecule has 0 unspecified atom stereocenters. The van der Waals surface area contributed by atoms with Gasteiger partial charge in [0.1, 0.15) is 0 Å². The molecule has 2 heterocycles. The molecule has 1 fully saturated rings. The van der Waals surface area contributed by atoms with Crippen molar-refractivity contribution in [3.8, 4) is 0 Å². The summed E-state index contributed by atoms with van der Waals surface area (Å²) in [5.41, 5.74) is 0.886. The van der Waals surface area contributed by atoms with Gasteiger partial charge in [-0.2, -0.15) is 22.1 Å². The van der Waals surface area contributed by atoms with Gasteiger partial charge in [0.15, 0.2) is 0 Å². The number of hydrogen-bond acceptors (Lipinski definition) is 5. The topological polar surface area (TPSA) is 76.9 Å². The predicted molar refractivity (Wildman–Crippen MR) is 76.9 cm³/mol. The summed E-state index contributed by atoms with van der Waals surface area (Å²) in [4.78, 5) is 0. The molecule has 9 heteroatoms. The van der Waals surface area contributed by atoms with Gasteiger partial charge < -0.3 is 9.47 Å². The van der Waals surface area contributed by atoms with E-state index in [0.717, 1.165) is 5.56 Å². The Bertz CT molecular complexity index is 559. The number of likely N-dealkylation sites (N-methyl/N-ethyl adjacent to an activating group) is 1. The van der Waals surface area contributed by atoms with Gasteiger partial charge in [-0.3, -0.25) is 4.68 Å². The first-order chi connectivity index (χ1) is 9.95. The van der Waals surface area contributed by atoms with Crippen molar-refractivity contribution in [3.05, 3.63) is 18.0 Å². The molecule has 8 nitrogen and oxygen atoms in total. The molecule has 1 aromatic rings. The fourth-order valence-electron chi connectivity index (χ4n) is 2.18. The van der Waals surface area contributed by atoms with Crippen LogP contribution in [-0.2, 0) is 26.7 Å². The molecule has 0 bridgehead atoms. The quantitative estimate of drug-likeness (QED) is 0.714. The monoisotopic (exact) mass is 318 g/mol. The molecule has 1 aromatic heterocycles. The third kappa shape index (κ3) is 3.80. The van der Waals surface area contributed by atoms with Gasteiger partial charge in [-0.1, -0.05) is 0 Å². The highest BCUT2D eigenvalue weighted by Crippen LogP contribution is 2.24. The van der Waals surface area contributed by atoms with Gasteiger partial charge >= 0.3 is 0 Å². The van der Waals surface area contributed by atoms with Gasteiger partial charge in [0.2, 0.25) is 0 Å². The second-order valence-corrected chi connectivity index (χ2v) is 7.02. The first-order valence-electron chi connectivity index (χ1n) is 6.75. The number of aryl methyl sites for hydroxylation is 1. The molecule has 0 amide bonds. The fourth-order valence-corrected chi connectivity index (χ4v) is 3.50. The molecule has 21 heavy (non-hydrogen) atoms. The molecule has 0 spiro atoms. The number of morpholine rings is 1. The molecule has 0 aromatic carbocycles. The van der Waals surface area contributed by atoms with Crippen molar-refractivity contribution < 1.29 is 17.9 Å². The second kappa shape index (κ2) is 6.84. The van der Waals surface area contributed by atoms with Crippen LogP contribution in [-0.4, -0.2) is 73.8 Å². The van der Waals surface area contributed by atoms with E-state index < -0.39 is 10.2 Å². The van der Waals surface area contributed by atoms with E-state index in [1.165, 1.54) is 8.61 Å². The number of ether oxygens (including phenoxy) is 2. The van der Waals surface area contributed by atoms with Crippen molar-refractivity contribution in [2.75, 3.05) is 47.0 Å². The van der Waals surface area contributed by atoms with E-state index in [4.69, 9.17) is 9.47 Å². The first kappa shape index (κ1) is 16.4. The summed E-state index contributed by atoms with van der Waals surface area (Å²) in [6.45, 7) is 1.72. The minimum Gasteiger partial charge on any atom is -0.383 e. The lowest BCUT2D eigenvalue weighted by atomic mass is 10.2. The molecule has 0 saturated carbocycles. The molecule has 120 valence electrons. The summed E-state index contributed by atoms with van der Waals surface area (Å²) in [7, 11) is 1.44. The SMILES string of the molecule is COCCN(C)S(=O)(=O)N1CCO[C@@H](c2cnn(C)c2)C1. The summed E-state index contributed by atoms with van der Waals surface area (Å²) in [6, 6.07) is 0. The van der Waals surface area contributed by atoms with E-state index in [0.29, 0.717) is 32.8 Å². The lowest BCUT2D eigenvalue weighted by Gasteiger charge is -2.34. The Hall–Kier alpha value is -1.00. The van der Waals surface area contributed by atoms with Gasteiger partial charge in [-0.05, 0) is 0 Å². The van der Waals surface area contributed by atoms with E-state index in [2.05, 4.69) is 5.10 Å². The summed E-state index contributed by atoms with van der Waals surface area (Å²) in [5.74, 6) is 0. The number of methoxy groups -OCH3 is 1. The Labute approximate surface area is 125 Å². The molecule has 0 aliphatic carbocycles. The Morgan fingerprint density at radius 1 is 1.57 bits per heavy atom. The number of hydrogen-bond donors (Lipinski definition) is 0. The highest BCUT2D eigenvalue weighted by Gasteiger charge is 2.33. The maximum absolute atomic E-state index is 12.5. The summed E-state index contributed by atoms with van der Waals surface area (Å²) < 4.78 is 40.0. The van der Waals surface area contributed by atoms with Crippen LogP contribution in [0, 0.1) is 0 Å². The zero-order valence-corrected chi connectivity index (χ0v) is 13.4. The van der Waals surface area contributed by atoms with Gasteiger partial charge in [-0.15, -0.1) is 0 Å². The molecule has 1 aliphatic heterocycles. The van der Waals surface area contributed by atoms with Crippen molar-refractivity contribution >= 4 is 10.2 Å². The van der Waals surface area contributed by atoms with Crippen LogP contribution in [0.25, 0.3) is 0 Å². The maximum Gasteiger partial charge on any atom is 0.281 e. The molecule has 1 aliphatic rings. The van der Waals surface area contributed by atoms with Crippen molar-refractivity contribution in [2.24, 2.45) is 7.05 Å². The van der Waals surface area contributed by atoms with Crippen molar-refractivity contribution in [1.82, 2.24) is 18.4 Å². The zero-order chi connectivity index (χ0) is 15.5. The maximum atomic E-state index is 12.5. The van der Waals surface area contributed by atoms with Crippen LogP contribution >= 0.6 is 0 Å². The molecule has 0 N–H and O–H groups in total. The summed E-state index contributed by atoms with van der Waals surface area (Å²) in [6.07, 6.45) is 3.27. The fraction of sp³-hybridized carbons (Fsp3) is 0.750. The van der Waals surface area contributed by atoms with Crippen LogP contribution in [0.5, 0.6) is 0 Å². The van der Waals surface area contributed by atoms with E-state index in [1.807, 2.05) is 13.2 Å². The number of nitrogens with zero attached hydrogens (tertiary/aromatic N) is 4. The highest BCUT2D eigenvalue weighted by atomic mass is 32.2. The van der Waals surface area contributed by atoms with Crippen molar-refractivity contribution in [2.45, 2.75) is 6.10 Å². The average molecular weight is 318 g/mol. The minimum absolute atomic E-state index is 0.280. The summed E-state index contributed by atoms with van der Waals surface area (Å²) in [5, 5.41) is 4.10. The molecule has 1 saturated heterocycles. The smallest absolute Gasteiger partial charge is 0.281 e. The van der Waals surface area contributed by atoms with Gasteiger partial charge in [0.25, 0.3) is 10.2 Å². The third-order valence-corrected chi connectivity index (χ3v) is 5.41. The van der Waals surface area contributed by atoms with Crippen molar-refractivity contribution in [1.29, 1.82) is 0 Å². The van der Waals surface area contributed by atoms with Crippen LogP contribution < -0.4 is 0 Å². The lowest BCUT2D eigenvalue weighted by molar-refractivity contribution is -0.00428. The lowest BCUT2D eigenvalue weighted by Crippen LogP contribution is -2.48. The Morgan fingerprint density at radius 3 is 2.95 bits per heavy atom. The highest BCUT2D eigenvalue weighted by molar-refractivity contribution is 7.86. The van der Waals surface area contributed by atoms with Crippen LogP contribution in [0.3, 0.4) is 0 Å². The summed E-state index contributed by atoms with van der Waals surface area (Å²) >= 11 is 0. The average Bonchev–Trinajstić information content (AvgIpc) is 2.91. The Morgan fingerprint density at radius 2 is 2.33 bits per heavy atom. The Kier molecular flexibility index (Phi) is 5.33. The van der Waals surface area contributed by atoms with E-state index in [-0.39, 0.29) is 6.10 Å². The molecule has 0 radical (unpaired) electrons. The van der Waals surface area contributed by atoms with Crippen LogP contribution in [0.4, 0.5) is 0 Å². The largest absolute Gasteiger partial charge is 0.383 e. The minimum atomic E-state index is -3.49. The van der Waals surface area contributed by atoms with E-state index in [1.54, 1.807) is 25.0 Å². The van der Waals surface area contributed by atoms with Gasteiger partial charge in [0.05, 0.1) is 25.5 Å². The number of aromatic nitrogens is 2. The number of rotatable bonds is 6. The standard InChI is InChI=1S/C12H22N4O4S/c1-14-9-11(8-13-14)12-10-16(5-7-20-12)21(17,18)15(2)4-6-19-3/h8-9,12H,4-7,10H2,1-3H3/t12-/m1/s1. The molecular weight excluding hydrogens is 296 g/mol. The molecule has 1 atom stereocenters. The zero-order valence-electron chi connectivity index (χ0n) is 12.6. The van der Waals surface area contributed by atoms with Crippen LogP contribution in [0.15, 0.2) is 12.4 Å². The van der Waals surface area contributed by atoms with Crippen LogP contribution in [0.2, 0.25) is 0 Å². The normalized spacial score (nSPS) is 21.0. The Balaban J connectivity index is 2.06. The van der Waals surface area contributed by atoms with Gasteiger partial charge in [-0.25, -0.2) is 0 Å². The predicted octanol–water partition coefficient (Wildman–Crippen LogP) is -0.384. The third-order valence-electron chi connectivity index (χ3n) is 3.46. The van der Waals surface area contributed by atoms with Crippen molar-refractivity contribution in [3.63, 3.8) is 0 Å². The molecule has 2 rings (SSSR count).